The summed E-state index contributed by atoms with van der Waals surface area (Å²) in [7, 11) is -2.10. The van der Waals surface area contributed by atoms with Gasteiger partial charge in [0.25, 0.3) is 0 Å². The first kappa shape index (κ1) is 22.8. The van der Waals surface area contributed by atoms with Crippen molar-refractivity contribution in [3.8, 4) is 11.5 Å². The summed E-state index contributed by atoms with van der Waals surface area (Å²) in [6.07, 6.45) is 1.05. The number of amides is 1. The Morgan fingerprint density at radius 2 is 1.79 bits per heavy atom. The molecule has 0 saturated heterocycles. The Balaban J connectivity index is 1.99. The average molecular weight is 441 g/mol. The number of ether oxygens (including phenoxy) is 2. The van der Waals surface area contributed by atoms with E-state index in [-0.39, 0.29) is 19.2 Å². The van der Waals surface area contributed by atoms with Crippen LogP contribution in [0.25, 0.3) is 0 Å². The Bertz CT molecular complexity index is 948. The van der Waals surface area contributed by atoms with Gasteiger partial charge in [-0.2, -0.15) is 0 Å². The minimum Gasteiger partial charge on any atom is -0.497 e. The molecule has 1 N–H and O–H groups in total. The third-order valence-electron chi connectivity index (χ3n) is 4.16. The van der Waals surface area contributed by atoms with Gasteiger partial charge in [0.15, 0.2) is 0 Å². The molecule has 29 heavy (non-hydrogen) atoms. The number of sulfonamides is 1. The number of benzene rings is 2. The molecule has 0 bridgehead atoms. The Labute approximate surface area is 176 Å². The molecule has 7 nitrogen and oxygen atoms in total. The van der Waals surface area contributed by atoms with E-state index in [4.69, 9.17) is 21.1 Å². The Hall–Kier alpha value is -2.45. The van der Waals surface area contributed by atoms with E-state index < -0.39 is 15.9 Å². The lowest BCUT2D eigenvalue weighted by molar-refractivity contribution is -0.120. The van der Waals surface area contributed by atoms with Crippen molar-refractivity contribution in [1.29, 1.82) is 0 Å². The molecule has 2 aromatic rings. The highest BCUT2D eigenvalue weighted by Gasteiger charge is 2.23. The van der Waals surface area contributed by atoms with Crippen molar-refractivity contribution in [3.05, 3.63) is 53.1 Å². The smallest absolute Gasteiger partial charge is 0.241 e. The zero-order valence-corrected chi connectivity index (χ0v) is 18.4. The number of carbonyl (C=O) groups is 1. The van der Waals surface area contributed by atoms with E-state index in [0.29, 0.717) is 22.0 Å². The standard InChI is InChI=1S/C20H25ClN2O5S/c1-14(13-28-17-10-8-16(27-3)9-11-17)22-20(24)12-23(29(4,25)26)19-7-5-6-18(21)15(19)2/h5-11,14H,12-13H2,1-4H3,(H,22,24)/t14-/m0/s1. The summed E-state index contributed by atoms with van der Waals surface area (Å²) in [5.41, 5.74) is 0.959. The maximum atomic E-state index is 12.5. The molecular formula is C20H25ClN2O5S. The number of methoxy groups -OCH3 is 1. The Kier molecular flexibility index (Phi) is 7.75. The van der Waals surface area contributed by atoms with Gasteiger partial charge in [0.1, 0.15) is 24.7 Å². The molecule has 0 aliphatic carbocycles. The topological polar surface area (TPSA) is 84.9 Å². The quantitative estimate of drug-likeness (QED) is 0.647. The zero-order valence-electron chi connectivity index (χ0n) is 16.8. The van der Waals surface area contributed by atoms with Gasteiger partial charge in [0.2, 0.25) is 15.9 Å². The predicted octanol–water partition coefficient (Wildman–Crippen LogP) is 3.01. The van der Waals surface area contributed by atoms with Gasteiger partial charge in [-0.25, -0.2) is 8.42 Å². The van der Waals surface area contributed by atoms with Gasteiger partial charge < -0.3 is 14.8 Å². The maximum absolute atomic E-state index is 12.5. The van der Waals surface area contributed by atoms with Crippen molar-refractivity contribution < 1.29 is 22.7 Å². The number of hydrogen-bond donors (Lipinski definition) is 1. The second-order valence-electron chi connectivity index (χ2n) is 6.61. The van der Waals surface area contributed by atoms with Crippen LogP contribution < -0.4 is 19.1 Å². The maximum Gasteiger partial charge on any atom is 0.241 e. The molecular weight excluding hydrogens is 416 g/mol. The number of rotatable bonds is 9. The summed E-state index contributed by atoms with van der Waals surface area (Å²) in [5.74, 6) is 0.913. The van der Waals surface area contributed by atoms with Gasteiger partial charge in [-0.05, 0) is 55.8 Å². The fourth-order valence-electron chi connectivity index (χ4n) is 2.63. The first-order valence-electron chi connectivity index (χ1n) is 8.91. The average Bonchev–Trinajstić information content (AvgIpc) is 2.66. The Morgan fingerprint density at radius 3 is 2.38 bits per heavy atom. The number of hydrogen-bond acceptors (Lipinski definition) is 5. The van der Waals surface area contributed by atoms with Gasteiger partial charge in [0.05, 0.1) is 25.1 Å². The largest absolute Gasteiger partial charge is 0.497 e. The molecule has 0 spiro atoms. The van der Waals surface area contributed by atoms with Crippen LogP contribution in [0, 0.1) is 6.92 Å². The summed E-state index contributed by atoms with van der Waals surface area (Å²) >= 11 is 6.10. The molecule has 0 aliphatic heterocycles. The van der Waals surface area contributed by atoms with Crippen molar-refractivity contribution in [2.75, 3.05) is 30.8 Å². The van der Waals surface area contributed by atoms with Crippen LogP contribution in [0.5, 0.6) is 11.5 Å². The molecule has 0 saturated carbocycles. The van der Waals surface area contributed by atoms with Crippen molar-refractivity contribution >= 4 is 33.2 Å². The first-order chi connectivity index (χ1) is 13.6. The molecule has 0 unspecified atom stereocenters. The van der Waals surface area contributed by atoms with Crippen LogP contribution in [0.3, 0.4) is 0 Å². The van der Waals surface area contributed by atoms with Crippen LogP contribution in [0.15, 0.2) is 42.5 Å². The van der Waals surface area contributed by atoms with Crippen LogP contribution >= 0.6 is 11.6 Å². The molecule has 0 aromatic heterocycles. The molecule has 0 heterocycles. The number of carbonyl (C=O) groups excluding carboxylic acids is 1. The van der Waals surface area contributed by atoms with E-state index in [1.54, 1.807) is 63.4 Å². The van der Waals surface area contributed by atoms with E-state index in [0.717, 1.165) is 16.3 Å². The molecule has 158 valence electrons. The number of halogens is 1. The van der Waals surface area contributed by atoms with Crippen LogP contribution in [0.4, 0.5) is 5.69 Å². The normalized spacial score (nSPS) is 12.2. The molecule has 0 radical (unpaired) electrons. The van der Waals surface area contributed by atoms with Gasteiger partial charge in [-0.1, -0.05) is 17.7 Å². The predicted molar refractivity (Wildman–Crippen MR) is 114 cm³/mol. The molecule has 2 rings (SSSR count). The summed E-state index contributed by atoms with van der Waals surface area (Å²) in [6, 6.07) is 11.7. The first-order valence-corrected chi connectivity index (χ1v) is 11.1. The van der Waals surface area contributed by atoms with Gasteiger partial charge in [-0.3, -0.25) is 9.10 Å². The molecule has 9 heteroatoms. The number of nitrogens with zero attached hydrogens (tertiary/aromatic N) is 1. The summed E-state index contributed by atoms with van der Waals surface area (Å²) in [6.45, 7) is 3.36. The van der Waals surface area contributed by atoms with Crippen LogP contribution in [0.2, 0.25) is 5.02 Å². The molecule has 1 amide bonds. The molecule has 1 atom stereocenters. The van der Waals surface area contributed by atoms with Gasteiger partial charge in [-0.15, -0.1) is 0 Å². The highest BCUT2D eigenvalue weighted by atomic mass is 35.5. The summed E-state index contributed by atoms with van der Waals surface area (Å²) < 4.78 is 36.3. The highest BCUT2D eigenvalue weighted by molar-refractivity contribution is 7.92. The number of nitrogens with one attached hydrogen (secondary N) is 1. The monoisotopic (exact) mass is 440 g/mol. The van der Waals surface area contributed by atoms with Gasteiger partial charge in [0, 0.05) is 5.02 Å². The Morgan fingerprint density at radius 1 is 1.17 bits per heavy atom. The zero-order chi connectivity index (χ0) is 21.6. The van der Waals surface area contributed by atoms with Gasteiger partial charge >= 0.3 is 0 Å². The second-order valence-corrected chi connectivity index (χ2v) is 8.92. The number of anilines is 1. The third kappa shape index (κ3) is 6.54. The molecule has 0 fully saturated rings. The second kappa shape index (κ2) is 9.84. The van der Waals surface area contributed by atoms with Crippen LogP contribution in [-0.2, 0) is 14.8 Å². The molecule has 2 aromatic carbocycles. The van der Waals surface area contributed by atoms with E-state index in [1.807, 2.05) is 0 Å². The fraction of sp³-hybridized carbons (Fsp3) is 0.350. The lowest BCUT2D eigenvalue weighted by Crippen LogP contribution is -2.45. The van der Waals surface area contributed by atoms with Crippen molar-refractivity contribution in [2.45, 2.75) is 19.9 Å². The SMILES string of the molecule is COc1ccc(OC[C@H](C)NC(=O)CN(c2cccc(Cl)c2C)S(C)(=O)=O)cc1. The third-order valence-corrected chi connectivity index (χ3v) is 5.70. The lowest BCUT2D eigenvalue weighted by atomic mass is 10.2. The van der Waals surface area contributed by atoms with Crippen LogP contribution in [-0.4, -0.2) is 46.9 Å². The fourth-order valence-corrected chi connectivity index (χ4v) is 3.71. The van der Waals surface area contributed by atoms with E-state index in [1.165, 1.54) is 0 Å². The minimum absolute atomic E-state index is 0.229. The minimum atomic E-state index is -3.68. The lowest BCUT2D eigenvalue weighted by Gasteiger charge is -2.25. The van der Waals surface area contributed by atoms with Crippen molar-refractivity contribution in [2.24, 2.45) is 0 Å². The molecule has 0 aliphatic rings. The van der Waals surface area contributed by atoms with Crippen molar-refractivity contribution in [1.82, 2.24) is 5.32 Å². The summed E-state index contributed by atoms with van der Waals surface area (Å²) in [4.78, 5) is 12.5. The van der Waals surface area contributed by atoms with Crippen molar-refractivity contribution in [3.63, 3.8) is 0 Å². The van der Waals surface area contributed by atoms with E-state index in [2.05, 4.69) is 5.32 Å². The van der Waals surface area contributed by atoms with E-state index in [9.17, 15) is 13.2 Å². The van der Waals surface area contributed by atoms with E-state index >= 15 is 0 Å². The summed E-state index contributed by atoms with van der Waals surface area (Å²) in [5, 5.41) is 3.18. The highest BCUT2D eigenvalue weighted by Crippen LogP contribution is 2.28. The van der Waals surface area contributed by atoms with Crippen LogP contribution in [0.1, 0.15) is 12.5 Å².